The van der Waals surface area contributed by atoms with Crippen LogP contribution < -0.4 is 10.6 Å². The first-order chi connectivity index (χ1) is 18.0. The fraction of sp³-hybridized carbons (Fsp3) is 0.552. The minimum Gasteiger partial charge on any atom is -0.442 e. The van der Waals surface area contributed by atoms with E-state index in [1.807, 2.05) is 59.7 Å². The number of carbonyl (C=O) groups is 2. The number of anilines is 1. The summed E-state index contributed by atoms with van der Waals surface area (Å²) in [6.45, 7) is 13.8. The van der Waals surface area contributed by atoms with Crippen LogP contribution in [0.2, 0.25) is 0 Å². The van der Waals surface area contributed by atoms with Gasteiger partial charge < -0.3 is 25.0 Å². The Morgan fingerprint density at radius 1 is 1.26 bits per heavy atom. The topological polar surface area (TPSA) is 97.7 Å². The van der Waals surface area contributed by atoms with Crippen LogP contribution in [-0.2, 0) is 9.47 Å². The van der Waals surface area contributed by atoms with E-state index in [0.717, 1.165) is 48.4 Å². The lowest BCUT2D eigenvalue weighted by Gasteiger charge is -2.34. The number of amides is 2. The molecule has 9 nitrogen and oxygen atoms in total. The molecule has 2 atom stereocenters. The molecule has 206 valence electrons. The maximum absolute atomic E-state index is 12.7. The highest BCUT2D eigenvalue weighted by atomic mass is 16.6. The molecule has 2 aromatic rings. The molecule has 0 spiro atoms. The van der Waals surface area contributed by atoms with Gasteiger partial charge in [0.1, 0.15) is 5.60 Å². The number of benzene rings is 1. The summed E-state index contributed by atoms with van der Waals surface area (Å²) in [5.41, 5.74) is 3.99. The number of aromatic nitrogens is 2. The van der Waals surface area contributed by atoms with Crippen molar-refractivity contribution in [2.75, 3.05) is 25.0 Å². The molecule has 1 saturated heterocycles. The molecule has 1 aromatic heterocycles. The summed E-state index contributed by atoms with van der Waals surface area (Å²) in [5, 5.41) is 10.5. The quantitative estimate of drug-likeness (QED) is 0.511. The molecular weight excluding hydrogens is 482 g/mol. The van der Waals surface area contributed by atoms with Crippen molar-refractivity contribution in [2.45, 2.75) is 78.4 Å². The van der Waals surface area contributed by atoms with E-state index in [-0.39, 0.29) is 18.1 Å². The number of allylic oxidation sites excluding steroid dienone is 1. The summed E-state index contributed by atoms with van der Waals surface area (Å²) in [5.74, 6) is 0.462. The molecule has 4 rings (SSSR count). The molecule has 1 aliphatic heterocycles. The van der Waals surface area contributed by atoms with Gasteiger partial charge in [-0.3, -0.25) is 0 Å². The highest BCUT2D eigenvalue weighted by Gasteiger charge is 2.33. The Morgan fingerprint density at radius 3 is 2.68 bits per heavy atom. The zero-order chi connectivity index (χ0) is 27.4. The minimum atomic E-state index is -0.598. The number of rotatable bonds is 6. The van der Waals surface area contributed by atoms with Crippen LogP contribution in [0.5, 0.6) is 0 Å². The van der Waals surface area contributed by atoms with Crippen molar-refractivity contribution >= 4 is 17.8 Å². The molecule has 2 aliphatic rings. The number of morpholine rings is 1. The van der Waals surface area contributed by atoms with E-state index in [1.54, 1.807) is 12.4 Å². The first-order valence-corrected chi connectivity index (χ1v) is 13.5. The van der Waals surface area contributed by atoms with Crippen molar-refractivity contribution in [1.82, 2.24) is 20.0 Å². The summed E-state index contributed by atoms with van der Waals surface area (Å²) < 4.78 is 12.4. The average molecular weight is 524 g/mol. The van der Waals surface area contributed by atoms with Gasteiger partial charge in [0, 0.05) is 42.8 Å². The second-order valence-electron chi connectivity index (χ2n) is 11.4. The van der Waals surface area contributed by atoms with Crippen LogP contribution in [0.3, 0.4) is 0 Å². The van der Waals surface area contributed by atoms with Crippen molar-refractivity contribution in [1.29, 1.82) is 0 Å². The smallest absolute Gasteiger partial charge is 0.435 e. The van der Waals surface area contributed by atoms with Gasteiger partial charge in [0.25, 0.3) is 0 Å². The van der Waals surface area contributed by atoms with E-state index in [9.17, 15) is 9.59 Å². The molecule has 1 aromatic carbocycles. The van der Waals surface area contributed by atoms with E-state index < -0.39 is 11.7 Å². The third-order valence-corrected chi connectivity index (χ3v) is 7.09. The Kier molecular flexibility index (Phi) is 8.45. The van der Waals surface area contributed by atoms with Crippen molar-refractivity contribution in [3.05, 3.63) is 59.2 Å². The minimum absolute atomic E-state index is 0.0303. The second-order valence-corrected chi connectivity index (χ2v) is 11.4. The Bertz CT molecular complexity index is 1180. The van der Waals surface area contributed by atoms with Gasteiger partial charge in [-0.15, -0.1) is 0 Å². The Labute approximate surface area is 225 Å². The predicted octanol–water partition coefficient (Wildman–Crippen LogP) is 5.61. The van der Waals surface area contributed by atoms with Gasteiger partial charge in [0.15, 0.2) is 0 Å². The average Bonchev–Trinajstić information content (AvgIpc) is 3.20. The maximum atomic E-state index is 12.7. The molecule has 1 aliphatic carbocycles. The largest absolute Gasteiger partial charge is 0.442 e. The summed E-state index contributed by atoms with van der Waals surface area (Å²) in [6, 6.07) is 7.62. The third kappa shape index (κ3) is 6.95. The molecule has 2 heterocycles. The fourth-order valence-corrected chi connectivity index (χ4v) is 4.99. The van der Waals surface area contributed by atoms with Crippen LogP contribution in [0, 0.1) is 12.8 Å². The Balaban J connectivity index is 1.48. The molecule has 1 unspecified atom stereocenters. The number of aryl methyl sites for hydroxylation is 1. The fourth-order valence-electron chi connectivity index (χ4n) is 4.99. The zero-order valence-electron chi connectivity index (χ0n) is 23.4. The van der Waals surface area contributed by atoms with Crippen LogP contribution >= 0.6 is 0 Å². The van der Waals surface area contributed by atoms with Crippen molar-refractivity contribution < 1.29 is 19.1 Å². The molecule has 0 radical (unpaired) electrons. The van der Waals surface area contributed by atoms with Crippen LogP contribution in [0.25, 0.3) is 0 Å². The van der Waals surface area contributed by atoms with Gasteiger partial charge in [-0.05, 0) is 83.6 Å². The van der Waals surface area contributed by atoms with E-state index in [0.29, 0.717) is 18.2 Å². The molecule has 2 N–H and O–H groups in total. The van der Waals surface area contributed by atoms with Crippen molar-refractivity contribution in [3.63, 3.8) is 0 Å². The van der Waals surface area contributed by atoms with E-state index in [2.05, 4.69) is 26.7 Å². The van der Waals surface area contributed by atoms with Gasteiger partial charge in [-0.1, -0.05) is 18.6 Å². The number of hydrogen-bond acceptors (Lipinski definition) is 6. The SMILES string of the molecule is C/C(=C\NC(=O)Nc1cccc(C(c2nn(C(=O)OC(C)(C)C)cc2C)C2CCC2)c1)N1CCO[C@H](C)C1. The highest BCUT2D eigenvalue weighted by Crippen LogP contribution is 2.44. The monoisotopic (exact) mass is 523 g/mol. The number of hydrogen-bond donors (Lipinski definition) is 2. The predicted molar refractivity (Wildman–Crippen MR) is 147 cm³/mol. The summed E-state index contributed by atoms with van der Waals surface area (Å²) in [7, 11) is 0. The van der Waals surface area contributed by atoms with Gasteiger partial charge in [0.05, 0.1) is 18.4 Å². The second kappa shape index (κ2) is 11.6. The summed E-state index contributed by atoms with van der Waals surface area (Å²) >= 11 is 0. The normalized spacial score (nSPS) is 19.5. The molecule has 2 amide bonds. The zero-order valence-corrected chi connectivity index (χ0v) is 23.4. The Morgan fingerprint density at radius 2 is 2.03 bits per heavy atom. The molecule has 1 saturated carbocycles. The Hall–Kier alpha value is -3.33. The van der Waals surface area contributed by atoms with Crippen LogP contribution in [-0.4, -0.2) is 58.2 Å². The van der Waals surface area contributed by atoms with E-state index in [4.69, 9.17) is 9.47 Å². The first kappa shape index (κ1) is 27.7. The lowest BCUT2D eigenvalue weighted by Crippen LogP contribution is -2.40. The van der Waals surface area contributed by atoms with Crippen LogP contribution in [0.4, 0.5) is 15.3 Å². The standard InChI is InChI=1S/C29H41N5O4/c1-19-17-34(28(36)38-29(4,5)6)32-26(19)25(22-9-7-10-22)23-11-8-12-24(15-23)31-27(35)30-16-20(2)33-13-14-37-21(3)18-33/h8,11-12,15-17,21-22,25H,7,9-10,13-14,18H2,1-6H3,(H2,30,31,35)/b20-16+/t21-,25?/m1/s1. The molecule has 2 fully saturated rings. The summed E-state index contributed by atoms with van der Waals surface area (Å²) in [4.78, 5) is 27.5. The summed E-state index contributed by atoms with van der Waals surface area (Å²) in [6.07, 6.45) is 6.56. The molecule has 38 heavy (non-hydrogen) atoms. The lowest BCUT2D eigenvalue weighted by atomic mass is 9.71. The first-order valence-electron chi connectivity index (χ1n) is 13.5. The number of urea groups is 1. The third-order valence-electron chi connectivity index (χ3n) is 7.09. The number of carbonyl (C=O) groups excluding carboxylic acids is 2. The van der Waals surface area contributed by atoms with Gasteiger partial charge in [-0.2, -0.15) is 9.78 Å². The van der Waals surface area contributed by atoms with E-state index in [1.165, 1.54) is 11.1 Å². The number of ether oxygens (including phenoxy) is 2. The molecular formula is C29H41N5O4. The number of nitrogens with zero attached hydrogens (tertiary/aromatic N) is 3. The highest BCUT2D eigenvalue weighted by molar-refractivity contribution is 5.90. The van der Waals surface area contributed by atoms with Gasteiger partial charge in [0.2, 0.25) is 0 Å². The molecule has 0 bridgehead atoms. The van der Waals surface area contributed by atoms with Gasteiger partial charge in [-0.25, -0.2) is 9.59 Å². The van der Waals surface area contributed by atoms with Crippen molar-refractivity contribution in [3.8, 4) is 0 Å². The maximum Gasteiger partial charge on any atom is 0.435 e. The van der Waals surface area contributed by atoms with Crippen LogP contribution in [0.1, 0.15) is 76.6 Å². The number of nitrogens with one attached hydrogen (secondary N) is 2. The van der Waals surface area contributed by atoms with E-state index >= 15 is 0 Å². The van der Waals surface area contributed by atoms with Gasteiger partial charge >= 0.3 is 12.1 Å². The molecule has 9 heteroatoms. The van der Waals surface area contributed by atoms with Crippen LogP contribution in [0.15, 0.2) is 42.4 Å². The lowest BCUT2D eigenvalue weighted by molar-refractivity contribution is -0.00587. The van der Waals surface area contributed by atoms with Crippen molar-refractivity contribution in [2.24, 2.45) is 5.92 Å².